The molecule has 0 radical (unpaired) electrons. The Balaban J connectivity index is 1.48. The van der Waals surface area contributed by atoms with E-state index in [1.807, 2.05) is 54.6 Å². The fourth-order valence-corrected chi connectivity index (χ4v) is 4.44. The second kappa shape index (κ2) is 9.48. The predicted octanol–water partition coefficient (Wildman–Crippen LogP) is 9.88. The van der Waals surface area contributed by atoms with Crippen LogP contribution in [0.2, 0.25) is 0 Å². The van der Waals surface area contributed by atoms with Crippen molar-refractivity contribution in [3.63, 3.8) is 0 Å². The van der Waals surface area contributed by atoms with Gasteiger partial charge < -0.3 is 0 Å². The van der Waals surface area contributed by atoms with Crippen molar-refractivity contribution in [3.05, 3.63) is 112 Å². The van der Waals surface area contributed by atoms with Gasteiger partial charge in [0.1, 0.15) is 0 Å². The maximum Gasteiger partial charge on any atom is 0.416 e. The van der Waals surface area contributed by atoms with E-state index in [-0.39, 0.29) is 17.2 Å². The maximum atomic E-state index is 13.3. The summed E-state index contributed by atoms with van der Waals surface area (Å²) in [7, 11) is 0. The monoisotopic (exact) mass is 619 g/mol. The van der Waals surface area contributed by atoms with Crippen LogP contribution in [0.1, 0.15) is 11.1 Å². The van der Waals surface area contributed by atoms with Crippen LogP contribution < -0.4 is 0 Å². The number of alkyl halides is 6. The highest BCUT2D eigenvalue weighted by Crippen LogP contribution is 2.39. The third-order valence-electron chi connectivity index (χ3n) is 6.00. The zero-order chi connectivity index (χ0) is 26.4. The number of rotatable bonds is 3. The van der Waals surface area contributed by atoms with Crippen molar-refractivity contribution in [1.82, 2.24) is 4.98 Å². The van der Waals surface area contributed by atoms with Crippen LogP contribution in [0.15, 0.2) is 97.2 Å². The van der Waals surface area contributed by atoms with Gasteiger partial charge in [-0.3, -0.25) is 4.98 Å². The van der Waals surface area contributed by atoms with Gasteiger partial charge in [-0.25, -0.2) is 0 Å². The SMILES string of the molecule is FC(F)(F)c1cc(-c2ccc3cc(-c4ccc(-c5ccc(I)cc5)cc4)cnc3c2)cc(C(F)(F)F)c1. The van der Waals surface area contributed by atoms with E-state index in [9.17, 15) is 26.3 Å². The van der Waals surface area contributed by atoms with Gasteiger partial charge in [0.25, 0.3) is 0 Å². The Morgan fingerprint density at radius 1 is 0.486 bits per heavy atom. The number of benzene rings is 4. The molecule has 37 heavy (non-hydrogen) atoms. The van der Waals surface area contributed by atoms with Crippen LogP contribution in [0.25, 0.3) is 44.3 Å². The average Bonchev–Trinajstić information content (AvgIpc) is 2.87. The van der Waals surface area contributed by atoms with Crippen LogP contribution >= 0.6 is 22.6 Å². The molecule has 5 aromatic rings. The highest BCUT2D eigenvalue weighted by atomic mass is 127. The number of halogens is 7. The summed E-state index contributed by atoms with van der Waals surface area (Å²) in [6, 6.07) is 24.3. The van der Waals surface area contributed by atoms with E-state index in [1.165, 1.54) is 12.1 Å². The number of hydrogen-bond acceptors (Lipinski definition) is 1. The van der Waals surface area contributed by atoms with E-state index in [1.54, 1.807) is 12.3 Å². The molecule has 0 N–H and O–H groups in total. The second-order valence-electron chi connectivity index (χ2n) is 8.51. The second-order valence-corrected chi connectivity index (χ2v) is 9.76. The Morgan fingerprint density at radius 3 is 1.51 bits per heavy atom. The van der Waals surface area contributed by atoms with Gasteiger partial charge in [-0.15, -0.1) is 0 Å². The molecule has 0 atom stereocenters. The third kappa shape index (κ3) is 5.49. The summed E-state index contributed by atoms with van der Waals surface area (Å²) in [6.07, 6.45) is -8.18. The lowest BCUT2D eigenvalue weighted by Gasteiger charge is -2.14. The number of fused-ring (bicyclic) bond motifs is 1. The molecule has 0 aliphatic heterocycles. The molecular weight excluding hydrogens is 603 g/mol. The summed E-state index contributed by atoms with van der Waals surface area (Å²) < 4.78 is 80.8. The van der Waals surface area contributed by atoms with E-state index in [0.29, 0.717) is 10.9 Å². The van der Waals surface area contributed by atoms with Crippen LogP contribution in [0.5, 0.6) is 0 Å². The molecule has 5 rings (SSSR count). The molecule has 0 amide bonds. The Bertz CT molecular complexity index is 1550. The fraction of sp³-hybridized carbons (Fsp3) is 0.0690. The minimum absolute atomic E-state index is 0.124. The minimum Gasteiger partial charge on any atom is -0.256 e. The average molecular weight is 619 g/mol. The molecule has 1 aromatic heterocycles. The molecule has 0 bridgehead atoms. The first-order valence-corrected chi connectivity index (χ1v) is 12.1. The topological polar surface area (TPSA) is 12.9 Å². The molecule has 4 aromatic carbocycles. The van der Waals surface area contributed by atoms with Gasteiger partial charge in [-0.2, -0.15) is 26.3 Å². The van der Waals surface area contributed by atoms with Crippen molar-refractivity contribution < 1.29 is 26.3 Å². The molecule has 186 valence electrons. The number of nitrogens with zero attached hydrogens (tertiary/aromatic N) is 1. The Kier molecular flexibility index (Phi) is 6.47. The third-order valence-corrected chi connectivity index (χ3v) is 6.72. The molecule has 1 nitrogen and oxygen atoms in total. The lowest BCUT2D eigenvalue weighted by atomic mass is 9.97. The smallest absolute Gasteiger partial charge is 0.256 e. The predicted molar refractivity (Wildman–Crippen MR) is 141 cm³/mol. The quantitative estimate of drug-likeness (QED) is 0.145. The van der Waals surface area contributed by atoms with Crippen molar-refractivity contribution in [1.29, 1.82) is 0 Å². The summed E-state index contributed by atoms with van der Waals surface area (Å²) in [6.45, 7) is 0. The Morgan fingerprint density at radius 2 is 0.973 bits per heavy atom. The van der Waals surface area contributed by atoms with Gasteiger partial charge in [0, 0.05) is 20.7 Å². The van der Waals surface area contributed by atoms with Crippen LogP contribution in [-0.4, -0.2) is 4.98 Å². The van der Waals surface area contributed by atoms with Crippen LogP contribution in [-0.2, 0) is 12.4 Å². The molecule has 0 aliphatic rings. The molecular formula is C29H16F6IN. The van der Waals surface area contributed by atoms with Crippen LogP contribution in [0.3, 0.4) is 0 Å². The zero-order valence-electron chi connectivity index (χ0n) is 18.8. The summed E-state index contributed by atoms with van der Waals surface area (Å²) in [4.78, 5) is 4.43. The van der Waals surface area contributed by atoms with E-state index >= 15 is 0 Å². The lowest BCUT2D eigenvalue weighted by Crippen LogP contribution is -2.11. The normalized spacial score (nSPS) is 12.2. The van der Waals surface area contributed by atoms with Gasteiger partial charge in [-0.05, 0) is 92.9 Å². The number of aromatic nitrogens is 1. The highest BCUT2D eigenvalue weighted by molar-refractivity contribution is 14.1. The van der Waals surface area contributed by atoms with Gasteiger partial charge >= 0.3 is 12.4 Å². The van der Waals surface area contributed by atoms with Gasteiger partial charge in [0.15, 0.2) is 0 Å². The fourth-order valence-electron chi connectivity index (χ4n) is 4.08. The zero-order valence-corrected chi connectivity index (χ0v) is 21.0. The molecule has 0 spiro atoms. The molecule has 0 saturated heterocycles. The van der Waals surface area contributed by atoms with Gasteiger partial charge in [-0.1, -0.05) is 48.5 Å². The summed E-state index contributed by atoms with van der Waals surface area (Å²) >= 11 is 2.25. The molecule has 0 aliphatic carbocycles. The first-order valence-electron chi connectivity index (χ1n) is 11.0. The highest BCUT2D eigenvalue weighted by Gasteiger charge is 2.37. The number of hydrogen-bond donors (Lipinski definition) is 0. The first-order chi connectivity index (χ1) is 17.5. The van der Waals surface area contributed by atoms with Crippen molar-refractivity contribution in [2.45, 2.75) is 12.4 Å². The lowest BCUT2D eigenvalue weighted by molar-refractivity contribution is -0.143. The van der Waals surface area contributed by atoms with Crippen LogP contribution in [0, 0.1) is 3.57 Å². The van der Waals surface area contributed by atoms with Crippen molar-refractivity contribution in [3.8, 4) is 33.4 Å². The van der Waals surface area contributed by atoms with E-state index in [4.69, 9.17) is 0 Å². The summed E-state index contributed by atoms with van der Waals surface area (Å²) in [5.41, 5.74) is 1.73. The molecule has 0 fully saturated rings. The summed E-state index contributed by atoms with van der Waals surface area (Å²) in [5, 5.41) is 0.714. The molecule has 0 saturated carbocycles. The van der Waals surface area contributed by atoms with Crippen molar-refractivity contribution in [2.24, 2.45) is 0 Å². The Hall–Kier alpha value is -3.40. The number of pyridine rings is 1. The molecule has 1 heterocycles. The Labute approximate surface area is 221 Å². The maximum absolute atomic E-state index is 13.3. The van der Waals surface area contributed by atoms with Gasteiger partial charge in [0.2, 0.25) is 0 Å². The van der Waals surface area contributed by atoms with E-state index < -0.39 is 23.5 Å². The first kappa shape index (κ1) is 25.3. The van der Waals surface area contributed by atoms with Crippen LogP contribution in [0.4, 0.5) is 26.3 Å². The standard InChI is InChI=1S/C29H16F6IN/c30-28(31,32)24-12-22(13-25(15-24)29(33,34)35)20-5-6-21-11-23(16-37-27(21)14-20)19-3-1-17(2-4-19)18-7-9-26(36)10-8-18/h1-16H. The minimum atomic E-state index is -4.91. The van der Waals surface area contributed by atoms with Crippen molar-refractivity contribution >= 4 is 33.5 Å². The van der Waals surface area contributed by atoms with E-state index in [0.717, 1.165) is 38.0 Å². The van der Waals surface area contributed by atoms with Gasteiger partial charge in [0.05, 0.1) is 16.6 Å². The van der Waals surface area contributed by atoms with E-state index in [2.05, 4.69) is 27.6 Å². The molecule has 0 unspecified atom stereocenters. The largest absolute Gasteiger partial charge is 0.416 e. The molecule has 8 heteroatoms. The summed E-state index contributed by atoms with van der Waals surface area (Å²) in [5.74, 6) is 0. The van der Waals surface area contributed by atoms with Crippen molar-refractivity contribution in [2.75, 3.05) is 0 Å².